The monoisotopic (exact) mass is 300 g/mol. The van der Waals surface area contributed by atoms with Crippen molar-refractivity contribution in [2.45, 2.75) is 12.5 Å². The average molecular weight is 300 g/mol. The normalized spacial score (nSPS) is 17.3. The van der Waals surface area contributed by atoms with Gasteiger partial charge in [-0.05, 0) is 28.0 Å². The fourth-order valence-corrected chi connectivity index (χ4v) is 3.11. The Bertz CT molecular complexity index is 886. The molecule has 3 aromatic rings. The van der Waals surface area contributed by atoms with E-state index in [4.69, 9.17) is 0 Å². The molecular weight excluding hydrogens is 284 g/mol. The Morgan fingerprint density at radius 3 is 2.43 bits per heavy atom. The van der Waals surface area contributed by atoms with Gasteiger partial charge in [0.2, 0.25) is 6.41 Å². The molecule has 3 heteroatoms. The first kappa shape index (κ1) is 13.7. The molecule has 23 heavy (non-hydrogen) atoms. The minimum atomic E-state index is -0.0184. The van der Waals surface area contributed by atoms with Gasteiger partial charge in [0.25, 0.3) is 0 Å². The molecule has 1 heterocycles. The minimum Gasteiger partial charge on any atom is -0.277 e. The molecule has 0 spiro atoms. The fourth-order valence-electron chi connectivity index (χ4n) is 3.11. The fraction of sp³-hybridized carbons (Fsp3) is 0.100. The maximum atomic E-state index is 11.4. The molecule has 1 atom stereocenters. The molecule has 0 saturated carbocycles. The summed E-state index contributed by atoms with van der Waals surface area (Å²) in [6.07, 6.45) is 1.55. The van der Waals surface area contributed by atoms with Gasteiger partial charge in [-0.1, -0.05) is 66.7 Å². The van der Waals surface area contributed by atoms with E-state index in [1.165, 1.54) is 15.8 Å². The van der Waals surface area contributed by atoms with Crippen LogP contribution in [0.4, 0.5) is 0 Å². The largest absolute Gasteiger partial charge is 0.277 e. The Balaban J connectivity index is 1.70. The van der Waals surface area contributed by atoms with E-state index in [9.17, 15) is 4.79 Å². The Labute approximate surface area is 134 Å². The van der Waals surface area contributed by atoms with Crippen LogP contribution >= 0.6 is 0 Å². The Kier molecular flexibility index (Phi) is 3.39. The number of carbonyl (C=O) groups is 1. The molecule has 4 rings (SSSR count). The number of hydrogen-bond donors (Lipinski definition) is 0. The maximum absolute atomic E-state index is 11.4. The molecule has 0 fully saturated rings. The summed E-state index contributed by atoms with van der Waals surface area (Å²) in [4.78, 5) is 11.4. The molecule has 0 saturated heterocycles. The van der Waals surface area contributed by atoms with Crippen molar-refractivity contribution in [1.82, 2.24) is 5.01 Å². The van der Waals surface area contributed by atoms with Crippen molar-refractivity contribution in [2.24, 2.45) is 5.10 Å². The first-order chi connectivity index (χ1) is 11.3. The number of nitrogens with zero attached hydrogens (tertiary/aromatic N) is 2. The van der Waals surface area contributed by atoms with Crippen LogP contribution in [-0.4, -0.2) is 17.1 Å². The lowest BCUT2D eigenvalue weighted by Crippen LogP contribution is -2.17. The van der Waals surface area contributed by atoms with Crippen LogP contribution in [0.3, 0.4) is 0 Å². The third-order valence-electron chi connectivity index (χ3n) is 4.32. The average Bonchev–Trinajstić information content (AvgIpc) is 3.06. The highest BCUT2D eigenvalue weighted by Crippen LogP contribution is 2.31. The zero-order valence-electron chi connectivity index (χ0n) is 12.6. The zero-order valence-corrected chi connectivity index (χ0v) is 12.6. The van der Waals surface area contributed by atoms with Crippen LogP contribution in [0.5, 0.6) is 0 Å². The van der Waals surface area contributed by atoms with Crippen LogP contribution in [0.2, 0.25) is 0 Å². The molecule has 112 valence electrons. The summed E-state index contributed by atoms with van der Waals surface area (Å²) in [5.74, 6) is 0. The van der Waals surface area contributed by atoms with Crippen LogP contribution in [0.1, 0.15) is 23.6 Å². The van der Waals surface area contributed by atoms with Gasteiger partial charge in [0, 0.05) is 6.42 Å². The second-order valence-corrected chi connectivity index (χ2v) is 5.72. The summed E-state index contributed by atoms with van der Waals surface area (Å²) in [6.45, 7) is 0. The van der Waals surface area contributed by atoms with Crippen LogP contribution in [-0.2, 0) is 4.79 Å². The molecular formula is C20H16N2O. The van der Waals surface area contributed by atoms with Gasteiger partial charge in [-0.3, -0.25) is 4.79 Å². The van der Waals surface area contributed by atoms with Gasteiger partial charge >= 0.3 is 0 Å². The van der Waals surface area contributed by atoms with E-state index in [-0.39, 0.29) is 6.04 Å². The molecule has 0 radical (unpaired) electrons. The molecule has 3 aromatic carbocycles. The number of amides is 1. The van der Waals surface area contributed by atoms with E-state index in [1.54, 1.807) is 0 Å². The van der Waals surface area contributed by atoms with Crippen molar-refractivity contribution in [2.75, 3.05) is 0 Å². The third-order valence-corrected chi connectivity index (χ3v) is 4.32. The van der Waals surface area contributed by atoms with Gasteiger partial charge in [-0.2, -0.15) is 5.10 Å². The highest BCUT2D eigenvalue weighted by Gasteiger charge is 2.28. The Hall–Kier alpha value is -2.94. The SMILES string of the molecule is O=CN1N=C(c2ccc3ccccc3c2)C[C@H]1c1ccccc1. The first-order valence-electron chi connectivity index (χ1n) is 7.70. The van der Waals surface area contributed by atoms with Gasteiger partial charge in [-0.25, -0.2) is 5.01 Å². The second kappa shape index (κ2) is 5.69. The highest BCUT2D eigenvalue weighted by molar-refractivity contribution is 6.05. The molecule has 0 bridgehead atoms. The van der Waals surface area contributed by atoms with E-state index in [0.29, 0.717) is 0 Å². The van der Waals surface area contributed by atoms with Crippen molar-refractivity contribution in [3.05, 3.63) is 83.9 Å². The summed E-state index contributed by atoms with van der Waals surface area (Å²) in [5.41, 5.74) is 3.14. The molecule has 3 nitrogen and oxygen atoms in total. The number of rotatable bonds is 3. The Morgan fingerprint density at radius 2 is 1.65 bits per heavy atom. The summed E-state index contributed by atoms with van der Waals surface area (Å²) in [6, 6.07) is 24.6. The molecule has 1 aliphatic rings. The predicted molar refractivity (Wildman–Crippen MR) is 92.2 cm³/mol. The number of benzene rings is 3. The molecule has 1 amide bonds. The lowest BCUT2D eigenvalue weighted by Gasteiger charge is -2.17. The molecule has 1 aliphatic heterocycles. The topological polar surface area (TPSA) is 32.7 Å². The standard InChI is InChI=1S/C20H16N2O/c23-14-22-20(16-7-2-1-3-8-16)13-19(21-22)18-11-10-15-6-4-5-9-17(15)12-18/h1-12,14,20H,13H2/t20-/m0/s1. The smallest absolute Gasteiger partial charge is 0.230 e. The lowest BCUT2D eigenvalue weighted by molar-refractivity contribution is -0.119. The molecule has 0 aromatic heterocycles. The number of fused-ring (bicyclic) bond motifs is 1. The highest BCUT2D eigenvalue weighted by atomic mass is 16.1. The maximum Gasteiger partial charge on any atom is 0.230 e. The molecule has 0 aliphatic carbocycles. The lowest BCUT2D eigenvalue weighted by atomic mass is 9.97. The van der Waals surface area contributed by atoms with Crippen molar-refractivity contribution in [1.29, 1.82) is 0 Å². The van der Waals surface area contributed by atoms with Crippen LogP contribution in [0, 0.1) is 0 Å². The summed E-state index contributed by atoms with van der Waals surface area (Å²) in [5, 5.41) is 8.45. The van der Waals surface area contributed by atoms with Crippen molar-refractivity contribution >= 4 is 22.9 Å². The molecule has 0 N–H and O–H groups in total. The quantitative estimate of drug-likeness (QED) is 0.669. The Morgan fingerprint density at radius 1 is 0.913 bits per heavy atom. The van der Waals surface area contributed by atoms with Crippen LogP contribution in [0.15, 0.2) is 77.9 Å². The van der Waals surface area contributed by atoms with E-state index >= 15 is 0 Å². The molecule has 0 unspecified atom stereocenters. The van der Waals surface area contributed by atoms with Gasteiger partial charge in [-0.15, -0.1) is 0 Å². The van der Waals surface area contributed by atoms with E-state index in [1.807, 2.05) is 42.5 Å². The van der Waals surface area contributed by atoms with Crippen molar-refractivity contribution in [3.8, 4) is 0 Å². The second-order valence-electron chi connectivity index (χ2n) is 5.72. The summed E-state index contributed by atoms with van der Waals surface area (Å²) >= 11 is 0. The summed E-state index contributed by atoms with van der Waals surface area (Å²) in [7, 11) is 0. The predicted octanol–water partition coefficient (Wildman–Crippen LogP) is 4.15. The number of hydrogen-bond acceptors (Lipinski definition) is 2. The van der Waals surface area contributed by atoms with Gasteiger partial charge < -0.3 is 0 Å². The van der Waals surface area contributed by atoms with Crippen LogP contribution < -0.4 is 0 Å². The van der Waals surface area contributed by atoms with E-state index < -0.39 is 0 Å². The van der Waals surface area contributed by atoms with Crippen molar-refractivity contribution < 1.29 is 4.79 Å². The van der Waals surface area contributed by atoms with Crippen LogP contribution in [0.25, 0.3) is 10.8 Å². The third kappa shape index (κ3) is 2.50. The van der Waals surface area contributed by atoms with Gasteiger partial charge in [0.05, 0.1) is 11.8 Å². The minimum absolute atomic E-state index is 0.0184. The first-order valence-corrected chi connectivity index (χ1v) is 7.70. The summed E-state index contributed by atoms with van der Waals surface area (Å²) < 4.78 is 0. The van der Waals surface area contributed by atoms with E-state index in [2.05, 4.69) is 35.4 Å². The zero-order chi connectivity index (χ0) is 15.6. The number of hydrazone groups is 1. The number of carbonyl (C=O) groups excluding carboxylic acids is 1. The van der Waals surface area contributed by atoms with Crippen molar-refractivity contribution in [3.63, 3.8) is 0 Å². The van der Waals surface area contributed by atoms with Gasteiger partial charge in [0.15, 0.2) is 0 Å². The van der Waals surface area contributed by atoms with E-state index in [0.717, 1.165) is 29.7 Å². The van der Waals surface area contributed by atoms with Gasteiger partial charge in [0.1, 0.15) is 0 Å².